The Morgan fingerprint density at radius 3 is 2.62 bits per heavy atom. The zero-order valence-electron chi connectivity index (χ0n) is 12.2. The third-order valence-electron chi connectivity index (χ3n) is 3.20. The van der Waals surface area contributed by atoms with Crippen LogP contribution in [0.15, 0.2) is 48.5 Å². The Kier molecular flexibility index (Phi) is 5.37. The van der Waals surface area contributed by atoms with Gasteiger partial charge in [0.05, 0.1) is 12.7 Å². The maximum atomic E-state index is 11.8. The molecule has 0 bridgehead atoms. The van der Waals surface area contributed by atoms with Gasteiger partial charge in [-0.25, -0.2) is 4.79 Å². The molecule has 0 saturated heterocycles. The molecule has 2 aromatic rings. The predicted octanol–water partition coefficient (Wildman–Crippen LogP) is 3.76. The van der Waals surface area contributed by atoms with Crippen LogP contribution in [0.4, 0.5) is 0 Å². The molecule has 0 atom stereocenters. The van der Waals surface area contributed by atoms with Crippen LogP contribution < -0.4 is 0 Å². The zero-order chi connectivity index (χ0) is 15.2. The van der Waals surface area contributed by atoms with E-state index in [9.17, 15) is 4.79 Å². The molecule has 0 aromatic heterocycles. The smallest absolute Gasteiger partial charge is 0.338 e. The molecule has 0 spiro atoms. The van der Waals surface area contributed by atoms with Crippen LogP contribution in [0.25, 0.3) is 0 Å². The van der Waals surface area contributed by atoms with Gasteiger partial charge in [-0.15, -0.1) is 0 Å². The number of benzene rings is 2. The Morgan fingerprint density at radius 1 is 1.14 bits per heavy atom. The fourth-order valence-corrected chi connectivity index (χ4v) is 2.47. The lowest BCUT2D eigenvalue weighted by Crippen LogP contribution is -2.19. The van der Waals surface area contributed by atoms with Gasteiger partial charge in [-0.2, -0.15) is 0 Å². The maximum Gasteiger partial charge on any atom is 0.338 e. The fraction of sp³-hybridized carbons (Fsp3) is 0.235. The summed E-state index contributed by atoms with van der Waals surface area (Å²) in [5, 5.41) is 0.732. The Bertz CT molecular complexity index is 628. The summed E-state index contributed by atoms with van der Waals surface area (Å²) in [5.74, 6) is -0.304. The fourth-order valence-electron chi connectivity index (χ4n) is 2.26. The molecule has 0 aliphatic carbocycles. The largest absolute Gasteiger partial charge is 0.465 e. The van der Waals surface area contributed by atoms with Crippen molar-refractivity contribution in [3.05, 3.63) is 70.2 Å². The topological polar surface area (TPSA) is 29.5 Å². The van der Waals surface area contributed by atoms with Crippen molar-refractivity contribution in [2.75, 3.05) is 14.2 Å². The van der Waals surface area contributed by atoms with E-state index in [1.54, 1.807) is 6.07 Å². The van der Waals surface area contributed by atoms with E-state index in [0.717, 1.165) is 22.7 Å². The average molecular weight is 304 g/mol. The normalized spacial score (nSPS) is 10.7. The lowest BCUT2D eigenvalue weighted by Gasteiger charge is -2.18. The van der Waals surface area contributed by atoms with Gasteiger partial charge in [-0.05, 0) is 36.4 Å². The van der Waals surface area contributed by atoms with Gasteiger partial charge in [0.1, 0.15) is 0 Å². The number of methoxy groups -OCH3 is 1. The number of esters is 1. The third-order valence-corrected chi connectivity index (χ3v) is 3.44. The molecule has 0 fully saturated rings. The highest BCUT2D eigenvalue weighted by Crippen LogP contribution is 2.16. The molecule has 21 heavy (non-hydrogen) atoms. The Hall–Kier alpha value is -1.84. The van der Waals surface area contributed by atoms with Crippen molar-refractivity contribution in [2.45, 2.75) is 13.1 Å². The number of ether oxygens (including phenoxy) is 1. The summed E-state index contributed by atoms with van der Waals surface area (Å²) in [5.41, 5.74) is 2.70. The Balaban J connectivity index is 2.09. The van der Waals surface area contributed by atoms with Crippen LogP contribution in [0.2, 0.25) is 5.02 Å². The summed E-state index contributed by atoms with van der Waals surface area (Å²) in [4.78, 5) is 13.9. The number of hydrogen-bond acceptors (Lipinski definition) is 3. The van der Waals surface area contributed by atoms with Gasteiger partial charge in [-0.1, -0.05) is 41.9 Å². The first kappa shape index (κ1) is 15.5. The molecule has 3 nitrogen and oxygen atoms in total. The van der Waals surface area contributed by atoms with Gasteiger partial charge >= 0.3 is 5.97 Å². The van der Waals surface area contributed by atoms with Crippen molar-refractivity contribution in [1.82, 2.24) is 4.90 Å². The molecular weight excluding hydrogens is 286 g/mol. The van der Waals surface area contributed by atoms with E-state index < -0.39 is 0 Å². The van der Waals surface area contributed by atoms with E-state index in [-0.39, 0.29) is 5.97 Å². The van der Waals surface area contributed by atoms with Crippen LogP contribution >= 0.6 is 11.6 Å². The molecule has 0 aliphatic heterocycles. The first-order chi connectivity index (χ1) is 10.1. The number of nitrogens with zero attached hydrogens (tertiary/aromatic N) is 1. The van der Waals surface area contributed by atoms with Gasteiger partial charge in [-0.3, -0.25) is 4.90 Å². The lowest BCUT2D eigenvalue weighted by molar-refractivity contribution is 0.0598. The summed E-state index contributed by atoms with van der Waals surface area (Å²) >= 11 is 5.99. The van der Waals surface area contributed by atoms with E-state index in [1.807, 2.05) is 49.5 Å². The molecule has 0 heterocycles. The van der Waals surface area contributed by atoms with Crippen LogP contribution in [0, 0.1) is 0 Å². The summed E-state index contributed by atoms with van der Waals surface area (Å²) in [6, 6.07) is 15.3. The quantitative estimate of drug-likeness (QED) is 0.788. The van der Waals surface area contributed by atoms with Gasteiger partial charge in [0, 0.05) is 18.1 Å². The van der Waals surface area contributed by atoms with Crippen LogP contribution in [0.5, 0.6) is 0 Å². The molecule has 0 saturated carbocycles. The SMILES string of the molecule is COC(=O)c1ccccc1CN(C)Cc1cccc(Cl)c1. The van der Waals surface area contributed by atoms with Crippen molar-refractivity contribution in [3.8, 4) is 0 Å². The van der Waals surface area contributed by atoms with Gasteiger partial charge in [0.25, 0.3) is 0 Å². The molecule has 0 aliphatic rings. The number of hydrogen-bond donors (Lipinski definition) is 0. The van der Waals surface area contributed by atoms with Gasteiger partial charge in [0.2, 0.25) is 0 Å². The standard InChI is InChI=1S/C17H18ClNO2/c1-19(11-13-6-5-8-15(18)10-13)12-14-7-3-4-9-16(14)17(20)21-2/h3-10H,11-12H2,1-2H3. The van der Waals surface area contributed by atoms with Crippen molar-refractivity contribution in [1.29, 1.82) is 0 Å². The van der Waals surface area contributed by atoms with E-state index in [2.05, 4.69) is 4.90 Å². The molecule has 110 valence electrons. The average Bonchev–Trinajstić information content (AvgIpc) is 2.47. The summed E-state index contributed by atoms with van der Waals surface area (Å²) in [6.45, 7) is 1.42. The molecule has 2 rings (SSSR count). The molecule has 0 unspecified atom stereocenters. The first-order valence-electron chi connectivity index (χ1n) is 6.69. The molecule has 0 N–H and O–H groups in total. The van der Waals surface area contributed by atoms with Crippen LogP contribution in [-0.4, -0.2) is 25.0 Å². The molecule has 0 radical (unpaired) electrons. The minimum absolute atomic E-state index is 0.304. The predicted molar refractivity (Wildman–Crippen MR) is 84.4 cm³/mol. The highest BCUT2D eigenvalue weighted by molar-refractivity contribution is 6.30. The van der Waals surface area contributed by atoms with E-state index >= 15 is 0 Å². The van der Waals surface area contributed by atoms with E-state index in [0.29, 0.717) is 12.1 Å². The number of halogens is 1. The van der Waals surface area contributed by atoms with Crippen LogP contribution in [-0.2, 0) is 17.8 Å². The number of carbonyl (C=O) groups is 1. The summed E-state index contributed by atoms with van der Waals surface area (Å²) in [6.07, 6.45) is 0. The number of rotatable bonds is 5. The Morgan fingerprint density at radius 2 is 1.90 bits per heavy atom. The number of carbonyl (C=O) groups excluding carboxylic acids is 1. The summed E-state index contributed by atoms with van der Waals surface area (Å²) < 4.78 is 4.82. The molecule has 2 aromatic carbocycles. The summed E-state index contributed by atoms with van der Waals surface area (Å²) in [7, 11) is 3.41. The van der Waals surface area contributed by atoms with Crippen LogP contribution in [0.3, 0.4) is 0 Å². The third kappa shape index (κ3) is 4.31. The maximum absolute atomic E-state index is 11.8. The minimum atomic E-state index is -0.304. The van der Waals surface area contributed by atoms with E-state index in [1.165, 1.54) is 7.11 Å². The second-order valence-corrected chi connectivity index (χ2v) is 5.39. The lowest BCUT2D eigenvalue weighted by atomic mass is 10.1. The van der Waals surface area contributed by atoms with Gasteiger partial charge < -0.3 is 4.74 Å². The molecular formula is C17H18ClNO2. The highest BCUT2D eigenvalue weighted by atomic mass is 35.5. The second-order valence-electron chi connectivity index (χ2n) is 4.95. The van der Waals surface area contributed by atoms with Crippen molar-refractivity contribution in [2.24, 2.45) is 0 Å². The van der Waals surface area contributed by atoms with Gasteiger partial charge in [0.15, 0.2) is 0 Å². The van der Waals surface area contributed by atoms with E-state index in [4.69, 9.17) is 16.3 Å². The Labute approximate surface area is 130 Å². The molecule has 0 amide bonds. The monoisotopic (exact) mass is 303 g/mol. The second kappa shape index (κ2) is 7.25. The highest BCUT2D eigenvalue weighted by Gasteiger charge is 2.12. The minimum Gasteiger partial charge on any atom is -0.465 e. The first-order valence-corrected chi connectivity index (χ1v) is 7.07. The van der Waals surface area contributed by atoms with Crippen molar-refractivity contribution in [3.63, 3.8) is 0 Å². The van der Waals surface area contributed by atoms with Crippen molar-refractivity contribution >= 4 is 17.6 Å². The van der Waals surface area contributed by atoms with Crippen molar-refractivity contribution < 1.29 is 9.53 Å². The van der Waals surface area contributed by atoms with Crippen LogP contribution in [0.1, 0.15) is 21.5 Å². The molecule has 4 heteroatoms. The zero-order valence-corrected chi connectivity index (χ0v) is 12.9.